The quantitative estimate of drug-likeness (QED) is 0.782. The number of carbonyl (C=O) groups is 1. The molecule has 0 bridgehead atoms. The summed E-state index contributed by atoms with van der Waals surface area (Å²) in [6.45, 7) is 5.69. The van der Waals surface area contributed by atoms with Crippen molar-refractivity contribution in [1.29, 1.82) is 0 Å². The molecule has 0 aliphatic carbocycles. The molecular formula is C19H22O4. The smallest absolute Gasteiger partial charge is 0.303 e. The van der Waals surface area contributed by atoms with E-state index in [0.29, 0.717) is 11.1 Å². The van der Waals surface area contributed by atoms with E-state index in [1.54, 1.807) is 24.3 Å². The SMILES string of the molecule is Cc1ccc(O)c(C(C)(CCC(=O)O)c2cc(C)ccc2O)c1. The Morgan fingerprint density at radius 1 is 0.957 bits per heavy atom. The summed E-state index contributed by atoms with van der Waals surface area (Å²) >= 11 is 0. The van der Waals surface area contributed by atoms with E-state index in [0.717, 1.165) is 11.1 Å². The van der Waals surface area contributed by atoms with E-state index < -0.39 is 11.4 Å². The van der Waals surface area contributed by atoms with Gasteiger partial charge in [0.05, 0.1) is 0 Å². The molecule has 0 saturated carbocycles. The summed E-state index contributed by atoms with van der Waals surface area (Å²) < 4.78 is 0. The molecule has 122 valence electrons. The van der Waals surface area contributed by atoms with Gasteiger partial charge in [-0.1, -0.05) is 42.3 Å². The molecule has 0 amide bonds. The van der Waals surface area contributed by atoms with E-state index in [1.807, 2.05) is 32.9 Å². The van der Waals surface area contributed by atoms with Crippen LogP contribution in [0.15, 0.2) is 36.4 Å². The van der Waals surface area contributed by atoms with Crippen molar-refractivity contribution in [3.63, 3.8) is 0 Å². The number of rotatable bonds is 5. The molecule has 0 aliphatic heterocycles. The fourth-order valence-corrected chi connectivity index (χ4v) is 2.96. The number of hydrogen-bond donors (Lipinski definition) is 3. The number of aryl methyl sites for hydroxylation is 2. The molecule has 0 radical (unpaired) electrons. The Morgan fingerprint density at radius 2 is 1.39 bits per heavy atom. The van der Waals surface area contributed by atoms with Crippen LogP contribution in [0.2, 0.25) is 0 Å². The highest BCUT2D eigenvalue weighted by Gasteiger charge is 2.34. The summed E-state index contributed by atoms with van der Waals surface area (Å²) in [5, 5.41) is 29.7. The average Bonchev–Trinajstić information content (AvgIpc) is 2.49. The third kappa shape index (κ3) is 3.47. The summed E-state index contributed by atoms with van der Waals surface area (Å²) in [5.74, 6) is -0.704. The van der Waals surface area contributed by atoms with Crippen molar-refractivity contribution in [2.45, 2.75) is 39.0 Å². The summed E-state index contributed by atoms with van der Waals surface area (Å²) in [7, 11) is 0. The lowest BCUT2D eigenvalue weighted by atomic mass is 9.71. The lowest BCUT2D eigenvalue weighted by molar-refractivity contribution is -0.137. The van der Waals surface area contributed by atoms with E-state index in [2.05, 4.69) is 0 Å². The highest BCUT2D eigenvalue weighted by molar-refractivity contribution is 5.67. The van der Waals surface area contributed by atoms with Crippen molar-refractivity contribution in [3.05, 3.63) is 58.7 Å². The van der Waals surface area contributed by atoms with Crippen molar-refractivity contribution < 1.29 is 20.1 Å². The van der Waals surface area contributed by atoms with Gasteiger partial charge in [-0.05, 0) is 32.4 Å². The Morgan fingerprint density at radius 3 is 1.78 bits per heavy atom. The molecule has 0 atom stereocenters. The predicted molar refractivity (Wildman–Crippen MR) is 89.0 cm³/mol. The van der Waals surface area contributed by atoms with Gasteiger partial charge < -0.3 is 15.3 Å². The Kier molecular flexibility index (Phi) is 4.64. The molecule has 0 fully saturated rings. The second-order valence-electron chi connectivity index (χ2n) is 6.27. The molecule has 0 saturated heterocycles. The second kappa shape index (κ2) is 6.32. The minimum absolute atomic E-state index is 0.0583. The molecule has 4 nitrogen and oxygen atoms in total. The van der Waals surface area contributed by atoms with Gasteiger partial charge in [-0.3, -0.25) is 4.79 Å². The molecule has 2 aromatic carbocycles. The summed E-state index contributed by atoms with van der Waals surface area (Å²) in [4.78, 5) is 11.1. The number of carboxylic acid groups (broad SMARTS) is 1. The first-order valence-electron chi connectivity index (χ1n) is 7.56. The van der Waals surface area contributed by atoms with Gasteiger partial charge in [0.2, 0.25) is 0 Å². The zero-order valence-electron chi connectivity index (χ0n) is 13.6. The lowest BCUT2D eigenvalue weighted by Crippen LogP contribution is -2.25. The third-order valence-electron chi connectivity index (χ3n) is 4.33. The van der Waals surface area contributed by atoms with Gasteiger partial charge >= 0.3 is 5.97 Å². The van der Waals surface area contributed by atoms with E-state index in [4.69, 9.17) is 5.11 Å². The number of phenolic OH excluding ortho intramolecular Hbond substituents is 2. The fraction of sp³-hybridized carbons (Fsp3) is 0.316. The third-order valence-corrected chi connectivity index (χ3v) is 4.33. The Labute approximate surface area is 136 Å². The molecule has 0 spiro atoms. The second-order valence-corrected chi connectivity index (χ2v) is 6.27. The zero-order chi connectivity index (χ0) is 17.2. The Bertz CT molecular complexity index is 683. The summed E-state index contributed by atoms with van der Waals surface area (Å²) in [5.41, 5.74) is 2.38. The number of benzene rings is 2. The molecular weight excluding hydrogens is 292 g/mol. The van der Waals surface area contributed by atoms with Crippen LogP contribution in [-0.2, 0) is 10.2 Å². The van der Waals surface area contributed by atoms with Gasteiger partial charge in [0.1, 0.15) is 11.5 Å². The van der Waals surface area contributed by atoms with Crippen LogP contribution in [0.5, 0.6) is 11.5 Å². The van der Waals surface area contributed by atoms with Crippen LogP contribution >= 0.6 is 0 Å². The van der Waals surface area contributed by atoms with Crippen molar-refractivity contribution in [3.8, 4) is 11.5 Å². The number of aromatic hydroxyl groups is 2. The van der Waals surface area contributed by atoms with Crippen LogP contribution in [-0.4, -0.2) is 21.3 Å². The highest BCUT2D eigenvalue weighted by Crippen LogP contribution is 2.44. The van der Waals surface area contributed by atoms with Gasteiger partial charge in [-0.2, -0.15) is 0 Å². The van der Waals surface area contributed by atoms with Crippen molar-refractivity contribution >= 4 is 5.97 Å². The Balaban J connectivity index is 2.67. The molecule has 0 unspecified atom stereocenters. The number of hydrogen-bond acceptors (Lipinski definition) is 3. The van der Waals surface area contributed by atoms with Crippen molar-refractivity contribution in [2.75, 3.05) is 0 Å². The maximum absolute atomic E-state index is 11.1. The molecule has 0 heterocycles. The Hall–Kier alpha value is -2.49. The van der Waals surface area contributed by atoms with Gasteiger partial charge in [-0.25, -0.2) is 0 Å². The van der Waals surface area contributed by atoms with Gasteiger partial charge in [-0.15, -0.1) is 0 Å². The summed E-state index contributed by atoms with van der Waals surface area (Å²) in [6.07, 6.45) is 0.216. The standard InChI is InChI=1S/C19H22O4/c1-12-4-6-16(20)14(10-12)19(3,9-8-18(22)23)15-11-13(2)5-7-17(15)21/h4-7,10-11,20-21H,8-9H2,1-3H3,(H,22,23). The van der Waals surface area contributed by atoms with Crippen LogP contribution in [0.4, 0.5) is 0 Å². The highest BCUT2D eigenvalue weighted by atomic mass is 16.4. The molecule has 4 heteroatoms. The molecule has 3 N–H and O–H groups in total. The first-order chi connectivity index (χ1) is 10.7. The zero-order valence-corrected chi connectivity index (χ0v) is 13.6. The van der Waals surface area contributed by atoms with Crippen LogP contribution in [0.3, 0.4) is 0 Å². The molecule has 2 rings (SSSR count). The van der Waals surface area contributed by atoms with E-state index in [-0.39, 0.29) is 24.3 Å². The number of carboxylic acids is 1. The average molecular weight is 314 g/mol. The van der Waals surface area contributed by atoms with E-state index >= 15 is 0 Å². The van der Waals surface area contributed by atoms with E-state index in [1.165, 1.54) is 0 Å². The minimum Gasteiger partial charge on any atom is -0.508 e. The van der Waals surface area contributed by atoms with Crippen LogP contribution < -0.4 is 0 Å². The number of phenols is 2. The predicted octanol–water partition coefficient (Wildman–Crippen LogP) is 3.89. The maximum atomic E-state index is 11.1. The topological polar surface area (TPSA) is 77.8 Å². The summed E-state index contributed by atoms with van der Waals surface area (Å²) in [6, 6.07) is 10.5. The van der Waals surface area contributed by atoms with Crippen LogP contribution in [0.25, 0.3) is 0 Å². The van der Waals surface area contributed by atoms with Crippen molar-refractivity contribution in [2.24, 2.45) is 0 Å². The van der Waals surface area contributed by atoms with E-state index in [9.17, 15) is 15.0 Å². The molecule has 0 aromatic heterocycles. The maximum Gasteiger partial charge on any atom is 0.303 e. The number of aliphatic carboxylic acids is 1. The van der Waals surface area contributed by atoms with Crippen molar-refractivity contribution in [1.82, 2.24) is 0 Å². The van der Waals surface area contributed by atoms with Crippen LogP contribution in [0, 0.1) is 13.8 Å². The first kappa shape index (κ1) is 16.9. The monoisotopic (exact) mass is 314 g/mol. The molecule has 23 heavy (non-hydrogen) atoms. The fourth-order valence-electron chi connectivity index (χ4n) is 2.96. The molecule has 0 aliphatic rings. The normalized spacial score (nSPS) is 11.4. The first-order valence-corrected chi connectivity index (χ1v) is 7.56. The van der Waals surface area contributed by atoms with Crippen LogP contribution in [0.1, 0.15) is 42.0 Å². The minimum atomic E-state index is -0.907. The van der Waals surface area contributed by atoms with Gasteiger partial charge in [0.15, 0.2) is 0 Å². The van der Waals surface area contributed by atoms with Gasteiger partial charge in [0, 0.05) is 23.0 Å². The molecule has 2 aromatic rings. The van der Waals surface area contributed by atoms with Gasteiger partial charge in [0.25, 0.3) is 0 Å². The largest absolute Gasteiger partial charge is 0.508 e. The lowest BCUT2D eigenvalue weighted by Gasteiger charge is -2.32.